The zero-order chi connectivity index (χ0) is 21.7. The number of sulfonamides is 1. The van der Waals surface area contributed by atoms with Gasteiger partial charge in [-0.2, -0.15) is 4.31 Å². The molecule has 1 N–H and O–H groups in total. The van der Waals surface area contributed by atoms with Crippen LogP contribution < -0.4 is 10.1 Å². The SMILES string of the molecule is CN1CCN(S(=O)(=O)c2ccc(NCc3cccc(OC4CCCCC4)c3)nc2)CC1. The fraction of sp³-hybridized carbons (Fsp3) is 0.522. The Morgan fingerprint density at radius 1 is 1.06 bits per heavy atom. The van der Waals surface area contributed by atoms with Crippen LogP contribution in [0.2, 0.25) is 0 Å². The highest BCUT2D eigenvalue weighted by molar-refractivity contribution is 7.89. The Hall–Kier alpha value is -2.16. The van der Waals surface area contributed by atoms with Crippen molar-refractivity contribution in [3.05, 3.63) is 48.2 Å². The van der Waals surface area contributed by atoms with Gasteiger partial charge < -0.3 is 15.0 Å². The van der Waals surface area contributed by atoms with Crippen LogP contribution in [0.3, 0.4) is 0 Å². The molecule has 1 aromatic heterocycles. The van der Waals surface area contributed by atoms with E-state index < -0.39 is 10.0 Å². The predicted molar refractivity (Wildman–Crippen MR) is 122 cm³/mol. The van der Waals surface area contributed by atoms with Crippen molar-refractivity contribution in [2.45, 2.75) is 49.6 Å². The third-order valence-electron chi connectivity index (χ3n) is 6.06. The van der Waals surface area contributed by atoms with Gasteiger partial charge in [0.1, 0.15) is 16.5 Å². The van der Waals surface area contributed by atoms with Crippen LogP contribution in [0, 0.1) is 0 Å². The molecule has 7 nitrogen and oxygen atoms in total. The van der Waals surface area contributed by atoms with E-state index in [0.29, 0.717) is 31.6 Å². The first-order valence-corrected chi connectivity index (χ1v) is 12.6. The zero-order valence-corrected chi connectivity index (χ0v) is 19.0. The molecule has 0 bridgehead atoms. The maximum absolute atomic E-state index is 12.8. The van der Waals surface area contributed by atoms with Crippen molar-refractivity contribution in [3.8, 4) is 5.75 Å². The Balaban J connectivity index is 1.33. The molecule has 4 rings (SSSR count). The number of nitrogens with one attached hydrogen (secondary N) is 1. The van der Waals surface area contributed by atoms with Gasteiger partial charge >= 0.3 is 0 Å². The minimum Gasteiger partial charge on any atom is -0.490 e. The van der Waals surface area contributed by atoms with Crippen LogP contribution in [-0.4, -0.2) is 61.9 Å². The van der Waals surface area contributed by atoms with Crippen molar-refractivity contribution in [2.24, 2.45) is 0 Å². The summed E-state index contributed by atoms with van der Waals surface area (Å²) >= 11 is 0. The van der Waals surface area contributed by atoms with Gasteiger partial charge in [0.2, 0.25) is 10.0 Å². The molecule has 2 aliphatic rings. The molecule has 0 radical (unpaired) electrons. The van der Waals surface area contributed by atoms with Crippen LogP contribution in [-0.2, 0) is 16.6 Å². The largest absolute Gasteiger partial charge is 0.490 e. The van der Waals surface area contributed by atoms with Crippen molar-refractivity contribution in [1.82, 2.24) is 14.2 Å². The van der Waals surface area contributed by atoms with Crippen molar-refractivity contribution >= 4 is 15.8 Å². The minimum atomic E-state index is -3.49. The first-order chi connectivity index (χ1) is 15.0. The monoisotopic (exact) mass is 444 g/mol. The van der Waals surface area contributed by atoms with E-state index in [-0.39, 0.29) is 4.90 Å². The average molecular weight is 445 g/mol. The summed E-state index contributed by atoms with van der Waals surface area (Å²) in [4.78, 5) is 6.70. The number of ether oxygens (including phenoxy) is 1. The molecular weight excluding hydrogens is 412 g/mol. The summed E-state index contributed by atoms with van der Waals surface area (Å²) in [5.41, 5.74) is 1.10. The second kappa shape index (κ2) is 9.97. The molecule has 1 saturated carbocycles. The maximum atomic E-state index is 12.8. The maximum Gasteiger partial charge on any atom is 0.244 e. The highest BCUT2D eigenvalue weighted by Crippen LogP contribution is 2.24. The lowest BCUT2D eigenvalue weighted by atomic mass is 9.98. The number of piperazine rings is 1. The Morgan fingerprint density at radius 2 is 1.84 bits per heavy atom. The standard InChI is InChI=1S/C23H32N4O3S/c1-26-12-14-27(15-13-26)31(28,29)22-10-11-23(25-18-22)24-17-19-6-5-9-21(16-19)30-20-7-3-2-4-8-20/h5-6,9-11,16,18,20H,2-4,7-8,12-15,17H2,1H3,(H,24,25). The lowest BCUT2D eigenvalue weighted by Gasteiger charge is -2.31. The number of nitrogens with zero attached hydrogens (tertiary/aromatic N) is 3. The molecule has 8 heteroatoms. The van der Waals surface area contributed by atoms with E-state index in [1.165, 1.54) is 29.8 Å². The summed E-state index contributed by atoms with van der Waals surface area (Å²) in [6.45, 7) is 3.11. The molecule has 0 atom stereocenters. The summed E-state index contributed by atoms with van der Waals surface area (Å²) in [5.74, 6) is 1.56. The number of benzene rings is 1. The van der Waals surface area contributed by atoms with Gasteiger partial charge in [0.05, 0.1) is 6.10 Å². The Morgan fingerprint density at radius 3 is 2.55 bits per heavy atom. The van der Waals surface area contributed by atoms with Crippen molar-refractivity contribution < 1.29 is 13.2 Å². The average Bonchev–Trinajstić information content (AvgIpc) is 2.79. The van der Waals surface area contributed by atoms with Crippen LogP contribution in [0.4, 0.5) is 5.82 Å². The van der Waals surface area contributed by atoms with Gasteiger partial charge in [-0.15, -0.1) is 0 Å². The molecule has 1 aromatic carbocycles. The van der Waals surface area contributed by atoms with Crippen molar-refractivity contribution in [2.75, 3.05) is 38.5 Å². The third kappa shape index (κ3) is 5.75. The van der Waals surface area contributed by atoms with E-state index in [0.717, 1.165) is 37.2 Å². The normalized spacial score (nSPS) is 19.3. The number of pyridine rings is 1. The smallest absolute Gasteiger partial charge is 0.244 e. The molecule has 1 aliphatic carbocycles. The molecule has 2 fully saturated rings. The second-order valence-electron chi connectivity index (χ2n) is 8.47. The third-order valence-corrected chi connectivity index (χ3v) is 7.95. The fourth-order valence-electron chi connectivity index (χ4n) is 4.11. The Kier molecular flexibility index (Phi) is 7.09. The van der Waals surface area contributed by atoms with Gasteiger partial charge in [-0.25, -0.2) is 13.4 Å². The van der Waals surface area contributed by atoms with Crippen LogP contribution in [0.15, 0.2) is 47.5 Å². The van der Waals surface area contributed by atoms with Gasteiger partial charge in [-0.1, -0.05) is 18.6 Å². The highest BCUT2D eigenvalue weighted by atomic mass is 32.2. The van der Waals surface area contributed by atoms with Gasteiger partial charge in [0.25, 0.3) is 0 Å². The van der Waals surface area contributed by atoms with Crippen LogP contribution >= 0.6 is 0 Å². The van der Waals surface area contributed by atoms with E-state index in [1.807, 2.05) is 25.2 Å². The molecule has 2 heterocycles. The van der Waals surface area contributed by atoms with Gasteiger partial charge in [0, 0.05) is 38.9 Å². The molecule has 2 aromatic rings. The summed E-state index contributed by atoms with van der Waals surface area (Å²) < 4.78 is 33.3. The van der Waals surface area contributed by atoms with Gasteiger partial charge in [-0.3, -0.25) is 0 Å². The first kappa shape index (κ1) is 22.0. The molecule has 0 spiro atoms. The van der Waals surface area contributed by atoms with E-state index in [9.17, 15) is 8.42 Å². The minimum absolute atomic E-state index is 0.241. The number of anilines is 1. The molecule has 31 heavy (non-hydrogen) atoms. The lowest BCUT2D eigenvalue weighted by molar-refractivity contribution is 0.155. The van der Waals surface area contributed by atoms with Crippen LogP contribution in [0.25, 0.3) is 0 Å². The molecule has 0 unspecified atom stereocenters. The number of hydrogen-bond acceptors (Lipinski definition) is 6. The lowest BCUT2D eigenvalue weighted by Crippen LogP contribution is -2.47. The molecular formula is C23H32N4O3S. The predicted octanol–water partition coefficient (Wildman–Crippen LogP) is 3.34. The second-order valence-corrected chi connectivity index (χ2v) is 10.4. The fourth-order valence-corrected chi connectivity index (χ4v) is 5.48. The number of rotatable bonds is 7. The van der Waals surface area contributed by atoms with E-state index in [4.69, 9.17) is 4.74 Å². The Bertz CT molecular complexity index is 951. The molecule has 168 valence electrons. The van der Waals surface area contributed by atoms with E-state index in [2.05, 4.69) is 21.3 Å². The summed E-state index contributed by atoms with van der Waals surface area (Å²) in [6.07, 6.45) is 7.85. The van der Waals surface area contributed by atoms with Gasteiger partial charge in [-0.05, 0) is 62.6 Å². The zero-order valence-electron chi connectivity index (χ0n) is 18.2. The van der Waals surface area contributed by atoms with Crippen molar-refractivity contribution in [3.63, 3.8) is 0 Å². The number of likely N-dealkylation sites (N-methyl/N-ethyl adjacent to an activating group) is 1. The van der Waals surface area contributed by atoms with Crippen LogP contribution in [0.1, 0.15) is 37.7 Å². The quantitative estimate of drug-likeness (QED) is 0.706. The molecule has 1 aliphatic heterocycles. The summed E-state index contributed by atoms with van der Waals surface area (Å²) in [5, 5.41) is 3.27. The van der Waals surface area contributed by atoms with Crippen LogP contribution in [0.5, 0.6) is 5.75 Å². The molecule has 0 amide bonds. The number of aromatic nitrogens is 1. The highest BCUT2D eigenvalue weighted by Gasteiger charge is 2.27. The first-order valence-electron chi connectivity index (χ1n) is 11.1. The van der Waals surface area contributed by atoms with E-state index >= 15 is 0 Å². The number of hydrogen-bond donors (Lipinski definition) is 1. The molecule has 1 saturated heterocycles. The Labute approximate surface area is 185 Å². The topological polar surface area (TPSA) is 74.8 Å². The van der Waals surface area contributed by atoms with E-state index in [1.54, 1.807) is 12.1 Å². The van der Waals surface area contributed by atoms with Crippen molar-refractivity contribution in [1.29, 1.82) is 0 Å². The summed E-state index contributed by atoms with van der Waals surface area (Å²) in [6, 6.07) is 11.5. The van der Waals surface area contributed by atoms with Gasteiger partial charge in [0.15, 0.2) is 0 Å². The summed E-state index contributed by atoms with van der Waals surface area (Å²) in [7, 11) is -1.49.